The molecule has 532 valence electrons. The van der Waals surface area contributed by atoms with Crippen LogP contribution in [0.4, 0.5) is 4.39 Å². The van der Waals surface area contributed by atoms with Crippen LogP contribution in [0.2, 0.25) is 5.02 Å². The van der Waals surface area contributed by atoms with Gasteiger partial charge in [0.1, 0.15) is 29.4 Å². The highest BCUT2D eigenvalue weighted by atomic mass is 79.9. The SMILES string of the molecule is Cc1ccc2scc(Sc3ccccc3CO)c2c1.Cc1oc2ccccc2c1Sc1ccccc1CO.OC(c1ccccc1Sc1csc2ccccc12)C(O)c1ccccc1Sc1csc2ccc(F)cc12.OCCCc1ccccc1Br.OCc1ccccc1Sc1csc2ccc(Cl)cc12. The van der Waals surface area contributed by atoms with E-state index in [2.05, 4.69) is 87.5 Å². The number of furan rings is 1. The van der Waals surface area contributed by atoms with E-state index in [1.54, 1.807) is 105 Å². The Labute approximate surface area is 660 Å². The topological polar surface area (TPSA) is 135 Å². The Balaban J connectivity index is 0.000000131. The summed E-state index contributed by atoms with van der Waals surface area (Å²) >= 11 is 24.4. The second-order valence-electron chi connectivity index (χ2n) is 23.9. The summed E-state index contributed by atoms with van der Waals surface area (Å²) in [5, 5.41) is 74.4. The van der Waals surface area contributed by atoms with Crippen LogP contribution in [0.3, 0.4) is 0 Å². The lowest BCUT2D eigenvalue weighted by Crippen LogP contribution is -2.12. The summed E-state index contributed by atoms with van der Waals surface area (Å²) in [5.74, 6) is 0.642. The van der Waals surface area contributed by atoms with Crippen molar-refractivity contribution in [1.29, 1.82) is 0 Å². The first kappa shape index (κ1) is 77.6. The second kappa shape index (κ2) is 38.2. The van der Waals surface area contributed by atoms with Gasteiger partial charge in [0.05, 0.1) is 24.7 Å². The standard InChI is InChI=1S/C30H21FO2S4.C16H14O2S.C16H14OS2.C15H11ClOS2.C9H11BrO/c31-18-13-14-24-22(15-18)28(17-35-24)37-26-12-6-3-9-21(26)30(33)29(32)20-8-2-5-11-25(20)36-27-16-34-23-10-4-1-7-19(23)27;1-11-16(13-7-3-4-8-14(13)18-11)19-15-9-5-2-6-12(15)10-17;1-11-6-7-15-13(8-11)16(10-18-15)19-14-5-3-2-4-12(14)9-17;16-11-5-6-14-12(7-11)15(9-18-14)19-13-4-2-1-3-10(13)8-17;10-9-6-2-1-4-8(9)5-3-7-11/h1-17,29-30,32-33H;2-9,17H,10H2,1H3;2-8,10,17H,9H2,1H3;1-7,9,17H,8H2;1-2,4,6,11H,3,5,7H2. The van der Waals surface area contributed by atoms with E-state index < -0.39 is 12.2 Å². The van der Waals surface area contributed by atoms with Crippen LogP contribution >= 0.6 is 132 Å². The Kier molecular flexibility index (Phi) is 28.2. The molecule has 0 spiro atoms. The largest absolute Gasteiger partial charge is 0.460 e. The van der Waals surface area contributed by atoms with E-state index in [0.717, 1.165) is 105 Å². The van der Waals surface area contributed by atoms with Gasteiger partial charge in [-0.3, -0.25) is 0 Å². The minimum atomic E-state index is -1.13. The van der Waals surface area contributed by atoms with Crippen LogP contribution in [0.5, 0.6) is 0 Å². The van der Waals surface area contributed by atoms with Gasteiger partial charge in [-0.15, -0.1) is 45.3 Å². The molecule has 16 aromatic rings. The molecule has 2 unspecified atom stereocenters. The Bertz CT molecular complexity index is 5430. The quantitative estimate of drug-likeness (QED) is 0.0460. The zero-order chi connectivity index (χ0) is 73.2. The number of hydrogen-bond acceptors (Lipinski definition) is 16. The van der Waals surface area contributed by atoms with Crippen LogP contribution < -0.4 is 0 Å². The summed E-state index contributed by atoms with van der Waals surface area (Å²) in [7, 11) is 0. The fourth-order valence-electron chi connectivity index (χ4n) is 11.3. The van der Waals surface area contributed by atoms with E-state index in [1.807, 2.05) is 194 Å². The molecule has 7 nitrogen and oxygen atoms in total. The van der Waals surface area contributed by atoms with Gasteiger partial charge in [-0.25, -0.2) is 4.39 Å². The number of hydrogen-bond donors (Lipinski definition) is 6. The monoisotopic (exact) mass is 1640 g/mol. The fraction of sp³-hybridized carbons (Fsp3) is 0.116. The molecule has 19 heteroatoms. The summed E-state index contributed by atoms with van der Waals surface area (Å²) in [6.45, 7) is 4.56. The van der Waals surface area contributed by atoms with Crippen LogP contribution in [-0.2, 0) is 26.2 Å². The molecule has 105 heavy (non-hydrogen) atoms. The summed E-state index contributed by atoms with van der Waals surface area (Å²) in [5.41, 5.74) is 7.65. The molecular weight excluding hydrogens is 1570 g/mol. The Morgan fingerprint density at radius 3 is 1.33 bits per heavy atom. The highest BCUT2D eigenvalue weighted by molar-refractivity contribution is 9.10. The van der Waals surface area contributed by atoms with Crippen molar-refractivity contribution < 1.29 is 39.4 Å². The lowest BCUT2D eigenvalue weighted by molar-refractivity contribution is 0.0141. The van der Waals surface area contributed by atoms with Crippen LogP contribution in [0.25, 0.3) is 51.3 Å². The maximum absolute atomic E-state index is 13.9. The van der Waals surface area contributed by atoms with Crippen LogP contribution in [0, 0.1) is 19.7 Å². The number of aliphatic hydroxyl groups excluding tert-OH is 6. The number of rotatable bonds is 19. The number of fused-ring (bicyclic) bond motifs is 5. The summed E-state index contributed by atoms with van der Waals surface area (Å²) < 4.78 is 25.6. The van der Waals surface area contributed by atoms with Gasteiger partial charge in [0.15, 0.2) is 0 Å². The molecule has 0 saturated heterocycles. The molecule has 5 heterocycles. The highest BCUT2D eigenvalue weighted by Gasteiger charge is 2.26. The predicted molar refractivity (Wildman–Crippen MR) is 448 cm³/mol. The van der Waals surface area contributed by atoms with E-state index in [9.17, 15) is 29.9 Å². The molecule has 16 rings (SSSR count). The number of thiophene rings is 4. The van der Waals surface area contributed by atoms with Crippen molar-refractivity contribution in [2.24, 2.45) is 0 Å². The van der Waals surface area contributed by atoms with Gasteiger partial charge < -0.3 is 35.1 Å². The van der Waals surface area contributed by atoms with Gasteiger partial charge in [-0.1, -0.05) is 237 Å². The van der Waals surface area contributed by atoms with Crippen LogP contribution in [-0.4, -0.2) is 37.2 Å². The molecule has 0 radical (unpaired) electrons. The first-order valence-corrected chi connectivity index (χ1v) is 42.1. The Morgan fingerprint density at radius 1 is 0.400 bits per heavy atom. The molecule has 0 amide bonds. The van der Waals surface area contributed by atoms with E-state index in [0.29, 0.717) is 11.1 Å². The third kappa shape index (κ3) is 19.9. The Hall–Kier alpha value is -6.99. The third-order valence-electron chi connectivity index (χ3n) is 16.7. The number of benzene rings is 11. The normalized spacial score (nSPS) is 11.7. The third-order valence-corrected chi connectivity index (χ3v) is 28.1. The van der Waals surface area contributed by atoms with Crippen molar-refractivity contribution in [2.75, 3.05) is 6.61 Å². The smallest absolute Gasteiger partial charge is 0.135 e. The van der Waals surface area contributed by atoms with E-state index in [4.69, 9.17) is 21.1 Å². The summed E-state index contributed by atoms with van der Waals surface area (Å²) in [6, 6.07) is 80.8. The van der Waals surface area contributed by atoms with Crippen molar-refractivity contribution in [2.45, 2.75) is 108 Å². The minimum Gasteiger partial charge on any atom is -0.460 e. The summed E-state index contributed by atoms with van der Waals surface area (Å²) in [4.78, 5) is 10.6. The zero-order valence-electron chi connectivity index (χ0n) is 56.8. The van der Waals surface area contributed by atoms with E-state index in [-0.39, 0.29) is 32.2 Å². The van der Waals surface area contributed by atoms with Crippen molar-refractivity contribution in [3.8, 4) is 0 Å². The van der Waals surface area contributed by atoms with Gasteiger partial charge in [0, 0.05) is 127 Å². The maximum Gasteiger partial charge on any atom is 0.135 e. The average Bonchev–Trinajstić information content (AvgIpc) is 1.80. The van der Waals surface area contributed by atoms with Gasteiger partial charge in [-0.05, 0) is 163 Å². The highest BCUT2D eigenvalue weighted by Crippen LogP contribution is 2.47. The number of aryl methyl sites for hydroxylation is 3. The molecule has 5 aromatic heterocycles. The molecule has 0 aliphatic rings. The van der Waals surface area contributed by atoms with Crippen LogP contribution in [0.1, 0.15) is 63.3 Å². The van der Waals surface area contributed by atoms with Crippen molar-refractivity contribution in [1.82, 2.24) is 0 Å². The molecule has 11 aromatic carbocycles. The molecule has 0 bridgehead atoms. The van der Waals surface area contributed by atoms with Crippen molar-refractivity contribution >= 4 is 183 Å². The Morgan fingerprint density at radius 2 is 0.800 bits per heavy atom. The van der Waals surface area contributed by atoms with Gasteiger partial charge in [0.2, 0.25) is 0 Å². The molecule has 0 aliphatic heterocycles. The molecular formula is C86H71BrClFO7S9. The summed E-state index contributed by atoms with van der Waals surface area (Å²) in [6.07, 6.45) is -0.473. The lowest BCUT2D eigenvalue weighted by Gasteiger charge is -2.23. The lowest BCUT2D eigenvalue weighted by atomic mass is 9.98. The second-order valence-corrected chi connectivity index (χ2v) is 34.2. The molecule has 0 aliphatic carbocycles. The zero-order valence-corrected chi connectivity index (χ0v) is 66.5. The maximum atomic E-state index is 13.9. The van der Waals surface area contributed by atoms with E-state index >= 15 is 0 Å². The molecule has 0 fully saturated rings. The molecule has 2 atom stereocenters. The minimum absolute atomic E-state index is 0.0536. The van der Waals surface area contributed by atoms with Crippen molar-refractivity contribution in [3.63, 3.8) is 0 Å². The number of para-hydroxylation sites is 1. The molecule has 6 N–H and O–H groups in total. The first-order valence-electron chi connectivity index (χ1n) is 33.4. The molecule has 0 saturated carbocycles. The predicted octanol–water partition coefficient (Wildman–Crippen LogP) is 26.1. The number of aliphatic hydroxyl groups is 6. The van der Waals surface area contributed by atoms with Gasteiger partial charge in [-0.2, -0.15) is 0 Å². The van der Waals surface area contributed by atoms with Gasteiger partial charge in [0.25, 0.3) is 0 Å². The number of halogens is 3. The van der Waals surface area contributed by atoms with Crippen molar-refractivity contribution in [3.05, 3.63) is 330 Å². The average molecular weight is 1640 g/mol. The fourth-order valence-corrected chi connectivity index (χ4v) is 21.7. The van der Waals surface area contributed by atoms with Gasteiger partial charge >= 0.3 is 0 Å². The first-order chi connectivity index (χ1) is 51.3. The van der Waals surface area contributed by atoms with Crippen LogP contribution in [0.15, 0.2) is 328 Å². The van der Waals surface area contributed by atoms with E-state index in [1.165, 1.54) is 69.0 Å².